The molecule has 0 spiro atoms. The second kappa shape index (κ2) is 17.1. The van der Waals surface area contributed by atoms with Crippen molar-refractivity contribution in [3.05, 3.63) is 215 Å². The van der Waals surface area contributed by atoms with Crippen molar-refractivity contribution in [2.75, 3.05) is 0 Å². The van der Waals surface area contributed by atoms with E-state index in [9.17, 15) is 0 Å². The van der Waals surface area contributed by atoms with E-state index in [4.69, 9.17) is 9.98 Å². The van der Waals surface area contributed by atoms with Crippen molar-refractivity contribution in [1.29, 1.82) is 0 Å². The zero-order valence-electron chi connectivity index (χ0n) is 31.8. The molecule has 1 aromatic heterocycles. The molecule has 54 heavy (non-hydrogen) atoms. The first kappa shape index (κ1) is 36.2. The maximum atomic E-state index is 5.28. The smallest absolute Gasteiger partial charge is 0.0711 e. The lowest BCUT2D eigenvalue weighted by Gasteiger charge is -2.13. The van der Waals surface area contributed by atoms with Gasteiger partial charge in [0.2, 0.25) is 0 Å². The molecule has 2 heteroatoms. The van der Waals surface area contributed by atoms with Crippen molar-refractivity contribution in [2.45, 2.75) is 52.9 Å². The molecule has 0 radical (unpaired) electrons. The lowest BCUT2D eigenvalue weighted by molar-refractivity contribution is 0.909. The molecule has 266 valence electrons. The van der Waals surface area contributed by atoms with Crippen LogP contribution in [-0.4, -0.2) is 10.7 Å². The van der Waals surface area contributed by atoms with Gasteiger partial charge < -0.3 is 0 Å². The Morgan fingerprint density at radius 3 is 2.30 bits per heavy atom. The van der Waals surface area contributed by atoms with Gasteiger partial charge in [-0.1, -0.05) is 176 Å². The SMILES string of the molecule is C/C(=C\C=C/C(C)c1cc(-c2ccc(C)cc2)cc(-c2ccccc2)n1)CC1=CCC(c2ccc(-c3ccccc3C)cc2)=CC(C2=CC=CCC=C2)=N1. The molecule has 0 saturated carbocycles. The molecule has 1 atom stereocenters. The Balaban J connectivity index is 1.12. The average molecular weight is 701 g/mol. The molecule has 0 N–H and O–H groups in total. The first-order valence-electron chi connectivity index (χ1n) is 19.1. The predicted molar refractivity (Wildman–Crippen MR) is 231 cm³/mol. The number of allylic oxidation sites excluding steroid dienone is 13. The number of benzene rings is 4. The number of aryl methyl sites for hydroxylation is 2. The minimum Gasteiger partial charge on any atom is -0.253 e. The predicted octanol–water partition coefficient (Wildman–Crippen LogP) is 14.0. The first-order chi connectivity index (χ1) is 26.4. The molecule has 2 nitrogen and oxygen atoms in total. The summed E-state index contributed by atoms with van der Waals surface area (Å²) in [7, 11) is 0. The Kier molecular flexibility index (Phi) is 11.5. The summed E-state index contributed by atoms with van der Waals surface area (Å²) >= 11 is 0. The Labute approximate surface area is 321 Å². The van der Waals surface area contributed by atoms with Crippen molar-refractivity contribution in [3.63, 3.8) is 0 Å². The van der Waals surface area contributed by atoms with E-state index in [0.717, 1.165) is 53.2 Å². The topological polar surface area (TPSA) is 25.2 Å². The van der Waals surface area contributed by atoms with E-state index in [1.54, 1.807) is 0 Å². The quantitative estimate of drug-likeness (QED) is 0.133. The summed E-state index contributed by atoms with van der Waals surface area (Å²) < 4.78 is 0. The number of hydrogen-bond donors (Lipinski definition) is 0. The van der Waals surface area contributed by atoms with E-state index in [0.29, 0.717) is 0 Å². The number of aliphatic imine (C=N–C) groups is 1. The molecule has 2 aliphatic rings. The number of hydrogen-bond acceptors (Lipinski definition) is 2. The molecule has 0 saturated heterocycles. The van der Waals surface area contributed by atoms with Crippen molar-refractivity contribution in [1.82, 2.24) is 4.98 Å². The van der Waals surface area contributed by atoms with E-state index in [1.165, 1.54) is 50.1 Å². The van der Waals surface area contributed by atoms with E-state index >= 15 is 0 Å². The number of pyridine rings is 1. The van der Waals surface area contributed by atoms with Gasteiger partial charge in [0.1, 0.15) is 0 Å². The largest absolute Gasteiger partial charge is 0.253 e. The van der Waals surface area contributed by atoms with Crippen LogP contribution in [0.5, 0.6) is 0 Å². The summed E-state index contributed by atoms with van der Waals surface area (Å²) in [6.07, 6.45) is 24.7. The highest BCUT2D eigenvalue weighted by atomic mass is 14.8. The van der Waals surface area contributed by atoms with Crippen molar-refractivity contribution < 1.29 is 0 Å². The summed E-state index contributed by atoms with van der Waals surface area (Å²) in [6, 6.07) is 41.2. The van der Waals surface area contributed by atoms with Gasteiger partial charge in [0, 0.05) is 29.3 Å². The van der Waals surface area contributed by atoms with Gasteiger partial charge in [-0.3, -0.25) is 9.98 Å². The normalized spacial score (nSPS) is 15.2. The zero-order valence-corrected chi connectivity index (χ0v) is 31.8. The van der Waals surface area contributed by atoms with E-state index in [1.807, 2.05) is 0 Å². The fourth-order valence-electron chi connectivity index (χ4n) is 6.94. The summed E-state index contributed by atoms with van der Waals surface area (Å²) in [5.41, 5.74) is 17.6. The van der Waals surface area contributed by atoms with Crippen LogP contribution in [0.1, 0.15) is 61.4 Å². The highest BCUT2D eigenvalue weighted by Crippen LogP contribution is 2.32. The van der Waals surface area contributed by atoms with Gasteiger partial charge in [-0.2, -0.15) is 0 Å². The molecule has 0 bridgehead atoms. The number of nitrogens with zero attached hydrogens (tertiary/aromatic N) is 2. The minimum absolute atomic E-state index is 0.134. The van der Waals surface area contributed by atoms with Crippen LogP contribution in [0.25, 0.3) is 39.1 Å². The second-order valence-corrected chi connectivity index (χ2v) is 14.4. The summed E-state index contributed by atoms with van der Waals surface area (Å²) in [5.74, 6) is 0.134. The van der Waals surface area contributed by atoms with Gasteiger partial charge >= 0.3 is 0 Å². The molecular weight excluding hydrogens is 653 g/mol. The molecule has 0 amide bonds. The third-order valence-electron chi connectivity index (χ3n) is 10.1. The third-order valence-corrected chi connectivity index (χ3v) is 10.1. The third kappa shape index (κ3) is 9.08. The van der Waals surface area contributed by atoms with Crippen LogP contribution < -0.4 is 0 Å². The molecular formula is C52H48N2. The molecule has 4 aromatic carbocycles. The van der Waals surface area contributed by atoms with Crippen LogP contribution in [0.15, 0.2) is 198 Å². The van der Waals surface area contributed by atoms with Crippen molar-refractivity contribution in [3.8, 4) is 33.5 Å². The summed E-state index contributed by atoms with van der Waals surface area (Å²) in [4.78, 5) is 10.4. The second-order valence-electron chi connectivity index (χ2n) is 14.4. The van der Waals surface area contributed by atoms with E-state index in [2.05, 4.69) is 204 Å². The molecule has 1 aliphatic heterocycles. The van der Waals surface area contributed by atoms with Crippen LogP contribution in [0, 0.1) is 13.8 Å². The van der Waals surface area contributed by atoms with E-state index < -0.39 is 0 Å². The van der Waals surface area contributed by atoms with Gasteiger partial charge in [-0.25, -0.2) is 0 Å². The highest BCUT2D eigenvalue weighted by Gasteiger charge is 2.14. The minimum atomic E-state index is 0.134. The molecule has 1 unspecified atom stereocenters. The van der Waals surface area contributed by atoms with Gasteiger partial charge in [0.05, 0.1) is 11.4 Å². The Morgan fingerprint density at radius 1 is 0.759 bits per heavy atom. The molecule has 0 fully saturated rings. The van der Waals surface area contributed by atoms with Crippen LogP contribution in [0.2, 0.25) is 0 Å². The highest BCUT2D eigenvalue weighted by molar-refractivity contribution is 6.14. The lowest BCUT2D eigenvalue weighted by atomic mass is 9.95. The van der Waals surface area contributed by atoms with Crippen LogP contribution in [0.4, 0.5) is 0 Å². The van der Waals surface area contributed by atoms with Crippen LogP contribution in [0.3, 0.4) is 0 Å². The Morgan fingerprint density at radius 2 is 1.50 bits per heavy atom. The zero-order chi connectivity index (χ0) is 37.3. The summed E-state index contributed by atoms with van der Waals surface area (Å²) in [6.45, 7) is 8.73. The van der Waals surface area contributed by atoms with Gasteiger partial charge in [-0.15, -0.1) is 0 Å². The molecule has 5 aromatic rings. The average Bonchev–Trinajstić information content (AvgIpc) is 3.60. The Bertz CT molecular complexity index is 2360. The fourth-order valence-corrected chi connectivity index (χ4v) is 6.94. The standard InChI is InChI=1S/C52H48N2/c1-37-23-25-42(26-24-37)47-35-50(54-52(36-47)45-20-10-7-11-21-45)40(4)17-14-15-38(2)33-48-32-31-46(34-51(53-48)44-18-8-5-6-9-19-44)41-27-29-43(30-28-41)49-22-13-12-16-39(49)3/h5,7-30,32,34-36,40H,6,31,33H2,1-4H3/b17-14-,38-15+. The summed E-state index contributed by atoms with van der Waals surface area (Å²) in [5, 5.41) is 0. The lowest BCUT2D eigenvalue weighted by Crippen LogP contribution is -1.99. The van der Waals surface area contributed by atoms with Gasteiger partial charge in [-0.05, 0) is 96.3 Å². The molecule has 2 heterocycles. The maximum absolute atomic E-state index is 5.28. The van der Waals surface area contributed by atoms with Crippen molar-refractivity contribution >= 4 is 11.3 Å². The van der Waals surface area contributed by atoms with Gasteiger partial charge in [0.15, 0.2) is 0 Å². The van der Waals surface area contributed by atoms with Gasteiger partial charge in [0.25, 0.3) is 0 Å². The monoisotopic (exact) mass is 700 g/mol. The van der Waals surface area contributed by atoms with Crippen LogP contribution in [-0.2, 0) is 0 Å². The Hall–Kier alpha value is -6.12. The number of rotatable bonds is 10. The fraction of sp³-hybridized carbons (Fsp3) is 0.154. The van der Waals surface area contributed by atoms with E-state index in [-0.39, 0.29) is 5.92 Å². The number of aromatic nitrogens is 1. The first-order valence-corrected chi connectivity index (χ1v) is 19.1. The van der Waals surface area contributed by atoms with Crippen LogP contribution >= 0.6 is 0 Å². The van der Waals surface area contributed by atoms with Crippen molar-refractivity contribution in [2.24, 2.45) is 4.99 Å². The molecule has 1 aliphatic carbocycles. The maximum Gasteiger partial charge on any atom is 0.0711 e. The molecule has 7 rings (SSSR count).